The Morgan fingerprint density at radius 2 is 2.00 bits per heavy atom. The van der Waals surface area contributed by atoms with Gasteiger partial charge in [0.05, 0.1) is 6.07 Å². The molecule has 3 heteroatoms. The van der Waals surface area contributed by atoms with Crippen molar-refractivity contribution in [3.8, 4) is 6.07 Å². The lowest BCUT2D eigenvalue weighted by Crippen LogP contribution is -2.38. The van der Waals surface area contributed by atoms with Gasteiger partial charge in [0.1, 0.15) is 0 Å². The second kappa shape index (κ2) is 2.81. The number of rotatable bonds is 0. The lowest BCUT2D eigenvalue weighted by atomic mass is 10.00. The molecule has 1 aliphatic rings. The largest absolute Gasteiger partial charge is 0.269 e. The summed E-state index contributed by atoms with van der Waals surface area (Å²) in [7, 11) is 0. The van der Waals surface area contributed by atoms with Gasteiger partial charge in [0.2, 0.25) is 0 Å². The first-order valence-electron chi connectivity index (χ1n) is 3.22. The zero-order valence-electron chi connectivity index (χ0n) is 5.38. The van der Waals surface area contributed by atoms with E-state index in [1.165, 1.54) is 0 Å². The van der Waals surface area contributed by atoms with Gasteiger partial charge in [-0.15, -0.1) is 0 Å². The molecule has 0 aromatic carbocycles. The van der Waals surface area contributed by atoms with E-state index in [0.717, 1.165) is 25.9 Å². The van der Waals surface area contributed by atoms with Crippen LogP contribution in [0.25, 0.3) is 0 Å². The molecule has 1 rings (SSSR count). The fraction of sp³-hybridized carbons (Fsp3) is 0.833. The van der Waals surface area contributed by atoms with Crippen molar-refractivity contribution in [2.75, 3.05) is 13.1 Å². The minimum atomic E-state index is 0.254. The molecule has 0 aliphatic carbocycles. The molecule has 2 N–H and O–H groups in total. The standard InChI is InChI=1S/C6H11N3/c7-5-6-1-3-9(8)4-2-6/h6H,1-4,8H2. The van der Waals surface area contributed by atoms with Gasteiger partial charge in [-0.1, -0.05) is 0 Å². The maximum Gasteiger partial charge on any atom is 0.0656 e. The van der Waals surface area contributed by atoms with Crippen molar-refractivity contribution in [1.82, 2.24) is 5.01 Å². The van der Waals surface area contributed by atoms with E-state index in [4.69, 9.17) is 11.1 Å². The van der Waals surface area contributed by atoms with Gasteiger partial charge in [-0.2, -0.15) is 5.26 Å². The van der Waals surface area contributed by atoms with Crippen molar-refractivity contribution < 1.29 is 0 Å². The van der Waals surface area contributed by atoms with Gasteiger partial charge in [-0.05, 0) is 12.8 Å². The van der Waals surface area contributed by atoms with Crippen molar-refractivity contribution in [2.45, 2.75) is 12.8 Å². The Kier molecular flexibility index (Phi) is 2.04. The quantitative estimate of drug-likeness (QED) is 0.467. The lowest BCUT2D eigenvalue weighted by Gasteiger charge is -2.23. The van der Waals surface area contributed by atoms with E-state index < -0.39 is 0 Å². The number of piperidine rings is 1. The Balaban J connectivity index is 2.28. The second-order valence-electron chi connectivity index (χ2n) is 2.44. The molecule has 0 radical (unpaired) electrons. The smallest absolute Gasteiger partial charge is 0.0656 e. The maximum atomic E-state index is 8.47. The van der Waals surface area contributed by atoms with Gasteiger partial charge in [-0.25, -0.2) is 5.01 Å². The van der Waals surface area contributed by atoms with Gasteiger partial charge in [0, 0.05) is 19.0 Å². The molecule has 1 saturated heterocycles. The first-order valence-corrected chi connectivity index (χ1v) is 3.22. The van der Waals surface area contributed by atoms with E-state index in [-0.39, 0.29) is 5.92 Å². The van der Waals surface area contributed by atoms with Crippen LogP contribution < -0.4 is 5.84 Å². The third-order valence-electron chi connectivity index (χ3n) is 1.71. The van der Waals surface area contributed by atoms with E-state index in [1.807, 2.05) is 0 Å². The van der Waals surface area contributed by atoms with Gasteiger partial charge in [0.15, 0.2) is 0 Å². The van der Waals surface area contributed by atoms with Crippen LogP contribution >= 0.6 is 0 Å². The zero-order chi connectivity index (χ0) is 6.69. The molecular weight excluding hydrogens is 114 g/mol. The highest BCUT2D eigenvalue weighted by molar-refractivity contribution is 4.85. The fourth-order valence-electron chi connectivity index (χ4n) is 1.03. The Morgan fingerprint density at radius 3 is 2.44 bits per heavy atom. The van der Waals surface area contributed by atoms with Gasteiger partial charge in [-0.3, -0.25) is 5.84 Å². The highest BCUT2D eigenvalue weighted by Gasteiger charge is 2.15. The highest BCUT2D eigenvalue weighted by Crippen LogP contribution is 2.12. The molecule has 3 nitrogen and oxygen atoms in total. The molecule has 50 valence electrons. The van der Waals surface area contributed by atoms with Crippen LogP contribution in [0.1, 0.15) is 12.8 Å². The molecule has 0 spiro atoms. The molecule has 1 fully saturated rings. The van der Waals surface area contributed by atoms with E-state index in [0.29, 0.717) is 0 Å². The summed E-state index contributed by atoms with van der Waals surface area (Å²) in [6.45, 7) is 1.75. The second-order valence-corrected chi connectivity index (χ2v) is 2.44. The van der Waals surface area contributed by atoms with Crippen LogP contribution in [0.2, 0.25) is 0 Å². The number of hydrazine groups is 1. The summed E-state index contributed by atoms with van der Waals surface area (Å²) in [4.78, 5) is 0. The van der Waals surface area contributed by atoms with Crippen molar-refractivity contribution in [2.24, 2.45) is 11.8 Å². The number of hydrogen-bond donors (Lipinski definition) is 1. The molecule has 0 aromatic rings. The third-order valence-corrected chi connectivity index (χ3v) is 1.71. The average Bonchev–Trinajstić information content (AvgIpc) is 1.90. The van der Waals surface area contributed by atoms with Crippen LogP contribution in [0.4, 0.5) is 0 Å². The van der Waals surface area contributed by atoms with Crippen LogP contribution in [-0.4, -0.2) is 18.1 Å². The first-order chi connectivity index (χ1) is 4.33. The van der Waals surface area contributed by atoms with Crippen LogP contribution in [0.5, 0.6) is 0 Å². The van der Waals surface area contributed by atoms with E-state index in [1.54, 1.807) is 5.01 Å². The maximum absolute atomic E-state index is 8.47. The number of nitrogens with zero attached hydrogens (tertiary/aromatic N) is 2. The van der Waals surface area contributed by atoms with Crippen molar-refractivity contribution in [1.29, 1.82) is 5.26 Å². The molecule has 1 heterocycles. The minimum absolute atomic E-state index is 0.254. The van der Waals surface area contributed by atoms with Gasteiger partial charge in [0.25, 0.3) is 0 Å². The first kappa shape index (κ1) is 6.53. The summed E-state index contributed by atoms with van der Waals surface area (Å²) in [5.41, 5.74) is 0. The Bertz CT molecular complexity index is 119. The van der Waals surface area contributed by atoms with Crippen LogP contribution in [0.3, 0.4) is 0 Å². The van der Waals surface area contributed by atoms with Crippen molar-refractivity contribution in [3.63, 3.8) is 0 Å². The topological polar surface area (TPSA) is 53.0 Å². The summed E-state index contributed by atoms with van der Waals surface area (Å²) in [6.07, 6.45) is 1.88. The van der Waals surface area contributed by atoms with Crippen LogP contribution in [0.15, 0.2) is 0 Å². The third kappa shape index (κ3) is 1.67. The lowest BCUT2D eigenvalue weighted by molar-refractivity contribution is 0.210. The molecule has 0 amide bonds. The molecule has 0 bridgehead atoms. The number of nitriles is 1. The highest BCUT2D eigenvalue weighted by atomic mass is 15.4. The predicted octanol–water partition coefficient (Wildman–Crippen LogP) is 0.0957. The van der Waals surface area contributed by atoms with E-state index in [9.17, 15) is 0 Å². The average molecular weight is 125 g/mol. The minimum Gasteiger partial charge on any atom is -0.269 e. The molecule has 1 aliphatic heterocycles. The Morgan fingerprint density at radius 1 is 1.44 bits per heavy atom. The molecule has 0 unspecified atom stereocenters. The normalized spacial score (nSPS) is 23.6. The van der Waals surface area contributed by atoms with Gasteiger partial charge < -0.3 is 0 Å². The fourth-order valence-corrected chi connectivity index (χ4v) is 1.03. The van der Waals surface area contributed by atoms with Crippen molar-refractivity contribution in [3.05, 3.63) is 0 Å². The predicted molar refractivity (Wildman–Crippen MR) is 34.1 cm³/mol. The monoisotopic (exact) mass is 125 g/mol. The van der Waals surface area contributed by atoms with E-state index >= 15 is 0 Å². The zero-order valence-corrected chi connectivity index (χ0v) is 5.38. The molecule has 0 atom stereocenters. The SMILES string of the molecule is N#CC1CCN(N)CC1. The molecule has 0 saturated carbocycles. The number of hydrogen-bond acceptors (Lipinski definition) is 3. The molecular formula is C6H11N3. The Labute approximate surface area is 55.0 Å². The number of nitrogens with two attached hydrogens (primary N) is 1. The summed E-state index contributed by atoms with van der Waals surface area (Å²) in [5, 5.41) is 10.2. The summed E-state index contributed by atoms with van der Waals surface area (Å²) >= 11 is 0. The summed E-state index contributed by atoms with van der Waals surface area (Å²) < 4.78 is 0. The van der Waals surface area contributed by atoms with E-state index in [2.05, 4.69) is 6.07 Å². The van der Waals surface area contributed by atoms with Crippen LogP contribution in [-0.2, 0) is 0 Å². The summed E-state index contributed by atoms with van der Waals surface area (Å²) in [5.74, 6) is 5.73. The van der Waals surface area contributed by atoms with Gasteiger partial charge >= 0.3 is 0 Å². The van der Waals surface area contributed by atoms with Crippen molar-refractivity contribution >= 4 is 0 Å². The Hall–Kier alpha value is -0.590. The molecule has 9 heavy (non-hydrogen) atoms. The van der Waals surface area contributed by atoms with Crippen LogP contribution in [0, 0.1) is 17.2 Å². The molecule has 0 aromatic heterocycles. The summed E-state index contributed by atoms with van der Waals surface area (Å²) in [6, 6.07) is 2.24.